The van der Waals surface area contributed by atoms with E-state index in [1.165, 1.54) is 30.6 Å². The fourth-order valence-electron chi connectivity index (χ4n) is 4.27. The highest BCUT2D eigenvalue weighted by molar-refractivity contribution is 7.13. The van der Waals surface area contributed by atoms with E-state index in [-0.39, 0.29) is 23.3 Å². The van der Waals surface area contributed by atoms with E-state index in [1.54, 1.807) is 0 Å². The van der Waals surface area contributed by atoms with Gasteiger partial charge < -0.3 is 16.0 Å². The third kappa shape index (κ3) is 4.65. The van der Waals surface area contributed by atoms with Gasteiger partial charge in [-0.3, -0.25) is 9.59 Å². The Labute approximate surface area is 160 Å². The number of nitrogens with one attached hydrogen (secondary N) is 1. The summed E-state index contributed by atoms with van der Waals surface area (Å²) in [6.45, 7) is 4.08. The molecule has 0 spiro atoms. The number of aryl methyl sites for hydroxylation is 1. The minimum absolute atomic E-state index is 0.0113. The smallest absolute Gasteiger partial charge is 0.261 e. The Morgan fingerprint density at radius 1 is 1.23 bits per heavy atom. The number of nitrogens with two attached hydrogens (primary N) is 1. The van der Waals surface area contributed by atoms with Crippen molar-refractivity contribution in [3.8, 4) is 0 Å². The van der Waals surface area contributed by atoms with Gasteiger partial charge in [-0.15, -0.1) is 11.3 Å². The molecule has 5 nitrogen and oxygen atoms in total. The highest BCUT2D eigenvalue weighted by Crippen LogP contribution is 2.39. The van der Waals surface area contributed by atoms with Crippen LogP contribution in [0.25, 0.3) is 0 Å². The zero-order valence-electron chi connectivity index (χ0n) is 15.8. The van der Waals surface area contributed by atoms with Crippen LogP contribution in [-0.4, -0.2) is 42.4 Å². The molecule has 1 saturated carbocycles. The van der Waals surface area contributed by atoms with Crippen LogP contribution in [0.5, 0.6) is 0 Å². The first-order valence-electron chi connectivity index (χ1n) is 9.86. The van der Waals surface area contributed by atoms with Crippen molar-refractivity contribution in [3.05, 3.63) is 21.9 Å². The standard InChI is InChI=1S/C20H31N3O2S/c1-15-5-6-17(26-15)19(25)22-16-7-11-23(12-8-16)18(24)13-20(14-21)9-3-2-4-10-20/h5-6,16H,2-4,7-14,21H2,1H3,(H,22,25). The Balaban J connectivity index is 1.47. The fraction of sp³-hybridized carbons (Fsp3) is 0.700. The Hall–Kier alpha value is -1.40. The van der Waals surface area contributed by atoms with Crippen LogP contribution in [0.4, 0.5) is 0 Å². The van der Waals surface area contributed by atoms with Crippen LogP contribution in [0.2, 0.25) is 0 Å². The molecule has 0 radical (unpaired) electrons. The lowest BCUT2D eigenvalue weighted by Crippen LogP contribution is -2.48. The van der Waals surface area contributed by atoms with E-state index in [4.69, 9.17) is 5.73 Å². The van der Waals surface area contributed by atoms with Crippen molar-refractivity contribution in [1.82, 2.24) is 10.2 Å². The molecule has 2 aliphatic rings. The summed E-state index contributed by atoms with van der Waals surface area (Å²) >= 11 is 1.52. The van der Waals surface area contributed by atoms with Crippen LogP contribution in [0, 0.1) is 12.3 Å². The molecule has 1 saturated heterocycles. The number of hydrogen-bond donors (Lipinski definition) is 2. The van der Waals surface area contributed by atoms with Gasteiger partial charge >= 0.3 is 0 Å². The summed E-state index contributed by atoms with van der Waals surface area (Å²) in [4.78, 5) is 28.9. The molecule has 2 heterocycles. The van der Waals surface area contributed by atoms with Gasteiger partial charge in [-0.25, -0.2) is 0 Å². The maximum Gasteiger partial charge on any atom is 0.261 e. The number of likely N-dealkylation sites (tertiary alicyclic amines) is 1. The minimum Gasteiger partial charge on any atom is -0.348 e. The number of amides is 2. The highest BCUT2D eigenvalue weighted by atomic mass is 32.1. The van der Waals surface area contributed by atoms with Crippen LogP contribution in [0.3, 0.4) is 0 Å². The number of piperidine rings is 1. The van der Waals surface area contributed by atoms with E-state index < -0.39 is 0 Å². The van der Waals surface area contributed by atoms with Crippen molar-refractivity contribution in [3.63, 3.8) is 0 Å². The first kappa shape index (κ1) is 19.4. The highest BCUT2D eigenvalue weighted by Gasteiger charge is 2.35. The Kier molecular flexibility index (Phi) is 6.35. The number of hydrogen-bond acceptors (Lipinski definition) is 4. The summed E-state index contributed by atoms with van der Waals surface area (Å²) < 4.78 is 0. The molecule has 1 aliphatic heterocycles. The quantitative estimate of drug-likeness (QED) is 0.828. The molecule has 1 aliphatic carbocycles. The van der Waals surface area contributed by atoms with Gasteiger partial charge in [0, 0.05) is 30.4 Å². The first-order valence-corrected chi connectivity index (χ1v) is 10.7. The second kappa shape index (κ2) is 8.53. The molecule has 3 N–H and O–H groups in total. The Bertz CT molecular complexity index is 629. The number of thiophene rings is 1. The van der Waals surface area contributed by atoms with E-state index in [9.17, 15) is 9.59 Å². The van der Waals surface area contributed by atoms with Crippen molar-refractivity contribution in [2.75, 3.05) is 19.6 Å². The van der Waals surface area contributed by atoms with E-state index in [0.717, 1.165) is 48.5 Å². The molecule has 0 unspecified atom stereocenters. The van der Waals surface area contributed by atoms with Gasteiger partial charge in [0.2, 0.25) is 5.91 Å². The third-order valence-electron chi connectivity index (χ3n) is 6.02. The maximum atomic E-state index is 12.8. The second-order valence-electron chi connectivity index (χ2n) is 7.98. The number of carbonyl (C=O) groups excluding carboxylic acids is 2. The molecule has 2 amide bonds. The average molecular weight is 378 g/mol. The molecule has 144 valence electrons. The molecular formula is C20H31N3O2S. The molecule has 0 bridgehead atoms. The molecule has 3 rings (SSSR count). The Morgan fingerprint density at radius 2 is 1.92 bits per heavy atom. The summed E-state index contributed by atoms with van der Waals surface area (Å²) in [6.07, 6.45) is 8.08. The summed E-state index contributed by atoms with van der Waals surface area (Å²) in [5.41, 5.74) is 6.06. The topological polar surface area (TPSA) is 75.4 Å². The average Bonchev–Trinajstić information content (AvgIpc) is 3.09. The summed E-state index contributed by atoms with van der Waals surface area (Å²) in [6, 6.07) is 4.01. The molecule has 1 aromatic heterocycles. The minimum atomic E-state index is 0.0113. The normalized spacial score (nSPS) is 20.8. The molecule has 1 aromatic rings. The van der Waals surface area contributed by atoms with Crippen LogP contribution in [0.15, 0.2) is 12.1 Å². The van der Waals surface area contributed by atoms with E-state index in [1.807, 2.05) is 24.0 Å². The van der Waals surface area contributed by atoms with Crippen LogP contribution >= 0.6 is 11.3 Å². The summed E-state index contributed by atoms with van der Waals surface area (Å²) in [7, 11) is 0. The van der Waals surface area contributed by atoms with E-state index in [2.05, 4.69) is 5.32 Å². The van der Waals surface area contributed by atoms with Gasteiger partial charge in [0.25, 0.3) is 5.91 Å². The number of carbonyl (C=O) groups is 2. The predicted molar refractivity (Wildman–Crippen MR) is 105 cm³/mol. The SMILES string of the molecule is Cc1ccc(C(=O)NC2CCN(C(=O)CC3(CN)CCCCC3)CC2)s1. The van der Waals surface area contributed by atoms with Crippen molar-refractivity contribution in [2.24, 2.45) is 11.1 Å². The van der Waals surface area contributed by atoms with Crippen molar-refractivity contribution in [2.45, 2.75) is 64.3 Å². The van der Waals surface area contributed by atoms with Gasteiger partial charge in [-0.1, -0.05) is 19.3 Å². The van der Waals surface area contributed by atoms with Crippen molar-refractivity contribution in [1.29, 1.82) is 0 Å². The van der Waals surface area contributed by atoms with E-state index >= 15 is 0 Å². The van der Waals surface area contributed by atoms with Gasteiger partial charge in [0.05, 0.1) is 4.88 Å². The van der Waals surface area contributed by atoms with E-state index in [0.29, 0.717) is 13.0 Å². The molecule has 0 atom stereocenters. The third-order valence-corrected chi connectivity index (χ3v) is 7.02. The van der Waals surface area contributed by atoms with Gasteiger partial charge in [-0.05, 0) is 56.7 Å². The van der Waals surface area contributed by atoms with Crippen LogP contribution in [-0.2, 0) is 4.79 Å². The van der Waals surface area contributed by atoms with Crippen LogP contribution < -0.4 is 11.1 Å². The molecule has 2 fully saturated rings. The lowest BCUT2D eigenvalue weighted by atomic mass is 9.71. The van der Waals surface area contributed by atoms with Crippen molar-refractivity contribution < 1.29 is 9.59 Å². The molecular weight excluding hydrogens is 346 g/mol. The first-order chi connectivity index (χ1) is 12.5. The molecule has 0 aromatic carbocycles. The maximum absolute atomic E-state index is 12.8. The van der Waals surface area contributed by atoms with Gasteiger partial charge in [0.1, 0.15) is 0 Å². The second-order valence-corrected chi connectivity index (χ2v) is 9.27. The van der Waals surface area contributed by atoms with Crippen LogP contribution in [0.1, 0.15) is 65.9 Å². The van der Waals surface area contributed by atoms with Crippen molar-refractivity contribution >= 4 is 23.2 Å². The zero-order chi connectivity index (χ0) is 18.6. The van der Waals surface area contributed by atoms with Gasteiger partial charge in [0.15, 0.2) is 0 Å². The summed E-state index contributed by atoms with van der Waals surface area (Å²) in [5, 5.41) is 3.12. The zero-order valence-corrected chi connectivity index (χ0v) is 16.6. The summed E-state index contributed by atoms with van der Waals surface area (Å²) in [5.74, 6) is 0.258. The number of nitrogens with zero attached hydrogens (tertiary/aromatic N) is 1. The fourth-order valence-corrected chi connectivity index (χ4v) is 5.04. The molecule has 6 heteroatoms. The largest absolute Gasteiger partial charge is 0.348 e. The van der Waals surface area contributed by atoms with Gasteiger partial charge in [-0.2, -0.15) is 0 Å². The predicted octanol–water partition coefficient (Wildman–Crippen LogP) is 3.08. The lowest BCUT2D eigenvalue weighted by molar-refractivity contribution is -0.135. The Morgan fingerprint density at radius 3 is 2.50 bits per heavy atom. The lowest BCUT2D eigenvalue weighted by Gasteiger charge is -2.39. The number of rotatable bonds is 5. The monoisotopic (exact) mass is 377 g/mol. The molecule has 26 heavy (non-hydrogen) atoms.